The highest BCUT2D eigenvalue weighted by Crippen LogP contribution is 2.26. The molecule has 0 unspecified atom stereocenters. The maximum atomic E-state index is 12.9. The van der Waals surface area contributed by atoms with Gasteiger partial charge < -0.3 is 19.9 Å². The van der Waals surface area contributed by atoms with E-state index in [1.165, 1.54) is 5.56 Å². The first kappa shape index (κ1) is 23.8. The number of aromatic nitrogens is 1. The number of carbonyl (C=O) groups is 3. The number of benzene rings is 2. The molecule has 1 aliphatic heterocycles. The number of imide groups is 1. The van der Waals surface area contributed by atoms with E-state index < -0.39 is 24.4 Å². The SMILES string of the molecule is CCc1ccccc1-n1c(C)cc(/C=C2\NC(=O)N(CC(=O)Nc3ccc(OC)cc3)C2=O)c1C. The molecule has 2 N–H and O–H groups in total. The van der Waals surface area contributed by atoms with E-state index in [-0.39, 0.29) is 5.70 Å². The van der Waals surface area contributed by atoms with E-state index in [4.69, 9.17) is 4.74 Å². The number of amides is 4. The van der Waals surface area contributed by atoms with Crippen LogP contribution in [0.5, 0.6) is 5.75 Å². The van der Waals surface area contributed by atoms with Crippen LogP contribution < -0.4 is 15.4 Å². The minimum Gasteiger partial charge on any atom is -0.497 e. The van der Waals surface area contributed by atoms with Crippen molar-refractivity contribution in [1.82, 2.24) is 14.8 Å². The van der Waals surface area contributed by atoms with Gasteiger partial charge in [-0.3, -0.25) is 9.59 Å². The van der Waals surface area contributed by atoms with E-state index in [0.29, 0.717) is 11.4 Å². The second-order valence-corrected chi connectivity index (χ2v) is 8.30. The van der Waals surface area contributed by atoms with Crippen LogP contribution in [-0.2, 0) is 16.0 Å². The van der Waals surface area contributed by atoms with E-state index in [1.54, 1.807) is 37.5 Å². The largest absolute Gasteiger partial charge is 0.497 e. The Hall–Kier alpha value is -4.33. The zero-order chi connectivity index (χ0) is 25.1. The Bertz CT molecular complexity index is 1320. The minimum atomic E-state index is -0.628. The van der Waals surface area contributed by atoms with Crippen LogP contribution in [0.1, 0.15) is 29.4 Å². The van der Waals surface area contributed by atoms with Gasteiger partial charge in [-0.1, -0.05) is 25.1 Å². The van der Waals surface area contributed by atoms with E-state index in [1.807, 2.05) is 32.0 Å². The van der Waals surface area contributed by atoms with Crippen LogP contribution in [0, 0.1) is 13.8 Å². The molecule has 4 amide bonds. The molecule has 2 aromatic carbocycles. The number of anilines is 1. The molecule has 0 atom stereocenters. The summed E-state index contributed by atoms with van der Waals surface area (Å²) in [5, 5.41) is 5.28. The highest BCUT2D eigenvalue weighted by atomic mass is 16.5. The number of rotatable bonds is 7. The summed E-state index contributed by atoms with van der Waals surface area (Å²) in [5.41, 5.74) is 5.77. The number of para-hydroxylation sites is 1. The molecule has 0 saturated carbocycles. The minimum absolute atomic E-state index is 0.135. The normalized spacial score (nSPS) is 14.4. The molecule has 180 valence electrons. The summed E-state index contributed by atoms with van der Waals surface area (Å²) < 4.78 is 7.24. The standard InChI is InChI=1S/C27H28N4O4/c1-5-19-8-6-7-9-24(19)31-17(2)14-20(18(31)3)15-23-26(33)30(27(34)29-23)16-25(32)28-21-10-12-22(35-4)13-11-21/h6-15H,5,16H2,1-4H3,(H,28,32)(H,29,34)/b23-15-. The lowest BCUT2D eigenvalue weighted by Crippen LogP contribution is -2.38. The van der Waals surface area contributed by atoms with Gasteiger partial charge in [0.05, 0.1) is 7.11 Å². The molecule has 1 saturated heterocycles. The van der Waals surface area contributed by atoms with Gasteiger partial charge in [0.2, 0.25) is 5.91 Å². The van der Waals surface area contributed by atoms with Gasteiger partial charge in [-0.25, -0.2) is 9.69 Å². The first-order valence-electron chi connectivity index (χ1n) is 11.4. The van der Waals surface area contributed by atoms with Crippen molar-refractivity contribution in [3.63, 3.8) is 0 Å². The van der Waals surface area contributed by atoms with Crippen molar-refractivity contribution in [2.45, 2.75) is 27.2 Å². The van der Waals surface area contributed by atoms with Crippen molar-refractivity contribution in [2.75, 3.05) is 19.0 Å². The first-order valence-corrected chi connectivity index (χ1v) is 11.4. The van der Waals surface area contributed by atoms with Crippen LogP contribution in [-0.4, -0.2) is 41.0 Å². The summed E-state index contributed by atoms with van der Waals surface area (Å²) in [5.74, 6) is -0.364. The molecule has 1 aromatic heterocycles. The Balaban J connectivity index is 1.52. The highest BCUT2D eigenvalue weighted by molar-refractivity contribution is 6.16. The number of nitrogens with one attached hydrogen (secondary N) is 2. The van der Waals surface area contributed by atoms with Crippen molar-refractivity contribution in [2.24, 2.45) is 0 Å². The monoisotopic (exact) mass is 472 g/mol. The molecule has 3 aromatic rings. The van der Waals surface area contributed by atoms with Crippen LogP contribution in [0.25, 0.3) is 11.8 Å². The maximum Gasteiger partial charge on any atom is 0.329 e. The fourth-order valence-electron chi connectivity index (χ4n) is 4.22. The molecule has 4 rings (SSSR count). The third kappa shape index (κ3) is 4.82. The lowest BCUT2D eigenvalue weighted by molar-refractivity contribution is -0.127. The van der Waals surface area contributed by atoms with Crippen molar-refractivity contribution < 1.29 is 19.1 Å². The average molecular weight is 473 g/mol. The van der Waals surface area contributed by atoms with Gasteiger partial charge in [0.1, 0.15) is 18.0 Å². The van der Waals surface area contributed by atoms with Gasteiger partial charge in [0, 0.05) is 22.8 Å². The molecule has 1 fully saturated rings. The predicted molar refractivity (Wildman–Crippen MR) is 134 cm³/mol. The fraction of sp³-hybridized carbons (Fsp3) is 0.222. The molecule has 8 heteroatoms. The van der Waals surface area contributed by atoms with E-state index in [2.05, 4.69) is 34.3 Å². The lowest BCUT2D eigenvalue weighted by atomic mass is 10.1. The summed E-state index contributed by atoms with van der Waals surface area (Å²) in [6, 6.07) is 16.3. The van der Waals surface area contributed by atoms with Gasteiger partial charge in [-0.05, 0) is 73.9 Å². The number of hydrogen-bond acceptors (Lipinski definition) is 4. The smallest absolute Gasteiger partial charge is 0.329 e. The number of nitrogens with zero attached hydrogens (tertiary/aromatic N) is 2. The number of ether oxygens (including phenoxy) is 1. The maximum absolute atomic E-state index is 12.9. The molecular weight excluding hydrogens is 444 g/mol. The molecule has 2 heterocycles. The summed E-state index contributed by atoms with van der Waals surface area (Å²) in [7, 11) is 1.55. The van der Waals surface area contributed by atoms with Crippen LogP contribution in [0.15, 0.2) is 60.3 Å². The Morgan fingerprint density at radius 2 is 1.80 bits per heavy atom. The van der Waals surface area contributed by atoms with E-state index >= 15 is 0 Å². The van der Waals surface area contributed by atoms with Crippen molar-refractivity contribution in [3.8, 4) is 11.4 Å². The second kappa shape index (κ2) is 9.89. The van der Waals surface area contributed by atoms with Crippen molar-refractivity contribution >= 4 is 29.6 Å². The Labute approximate surface area is 204 Å². The number of urea groups is 1. The fourth-order valence-corrected chi connectivity index (χ4v) is 4.22. The Kier molecular flexibility index (Phi) is 6.73. The third-order valence-corrected chi connectivity index (χ3v) is 6.02. The van der Waals surface area contributed by atoms with Gasteiger partial charge >= 0.3 is 6.03 Å². The topological polar surface area (TPSA) is 92.7 Å². The molecule has 35 heavy (non-hydrogen) atoms. The molecule has 0 bridgehead atoms. The predicted octanol–water partition coefficient (Wildman–Crippen LogP) is 4.20. The summed E-state index contributed by atoms with van der Waals surface area (Å²) in [6.45, 7) is 5.71. The number of aryl methyl sites for hydroxylation is 2. The highest BCUT2D eigenvalue weighted by Gasteiger charge is 2.35. The molecular formula is C27H28N4O4. The summed E-state index contributed by atoms with van der Waals surface area (Å²) in [6.07, 6.45) is 2.56. The molecule has 8 nitrogen and oxygen atoms in total. The van der Waals surface area contributed by atoms with Crippen molar-refractivity contribution in [3.05, 3.63) is 82.8 Å². The van der Waals surface area contributed by atoms with Gasteiger partial charge in [0.25, 0.3) is 5.91 Å². The number of methoxy groups -OCH3 is 1. The van der Waals surface area contributed by atoms with Crippen molar-refractivity contribution in [1.29, 1.82) is 0 Å². The molecule has 1 aliphatic rings. The Morgan fingerprint density at radius 1 is 1.09 bits per heavy atom. The van der Waals surface area contributed by atoms with Crippen LogP contribution in [0.2, 0.25) is 0 Å². The van der Waals surface area contributed by atoms with E-state index in [0.717, 1.165) is 34.0 Å². The Morgan fingerprint density at radius 3 is 2.49 bits per heavy atom. The second-order valence-electron chi connectivity index (χ2n) is 8.30. The zero-order valence-corrected chi connectivity index (χ0v) is 20.2. The van der Waals surface area contributed by atoms with Gasteiger partial charge in [-0.2, -0.15) is 0 Å². The van der Waals surface area contributed by atoms with Crippen LogP contribution in [0.3, 0.4) is 0 Å². The summed E-state index contributed by atoms with van der Waals surface area (Å²) >= 11 is 0. The van der Waals surface area contributed by atoms with Crippen LogP contribution >= 0.6 is 0 Å². The quantitative estimate of drug-likeness (QED) is 0.398. The third-order valence-electron chi connectivity index (χ3n) is 6.02. The zero-order valence-electron chi connectivity index (χ0n) is 20.2. The summed E-state index contributed by atoms with van der Waals surface area (Å²) in [4.78, 5) is 38.8. The average Bonchev–Trinajstić information content (AvgIpc) is 3.28. The lowest BCUT2D eigenvalue weighted by Gasteiger charge is -2.14. The molecule has 0 aliphatic carbocycles. The van der Waals surface area contributed by atoms with Gasteiger partial charge in [-0.15, -0.1) is 0 Å². The first-order chi connectivity index (χ1) is 16.8. The molecule has 0 spiro atoms. The van der Waals surface area contributed by atoms with E-state index in [9.17, 15) is 14.4 Å². The number of hydrogen-bond donors (Lipinski definition) is 2. The van der Waals surface area contributed by atoms with Gasteiger partial charge in [0.15, 0.2) is 0 Å². The molecule has 0 radical (unpaired) electrons. The van der Waals surface area contributed by atoms with Crippen LogP contribution in [0.4, 0.5) is 10.5 Å². The number of carbonyl (C=O) groups excluding carboxylic acids is 3.